The zero-order valence-corrected chi connectivity index (χ0v) is 34.4. The number of rotatable bonds is 6. The van der Waals surface area contributed by atoms with Gasteiger partial charge in [0.15, 0.2) is 23.1 Å². The van der Waals surface area contributed by atoms with Crippen LogP contribution in [0.15, 0.2) is 205 Å². The van der Waals surface area contributed by atoms with Gasteiger partial charge in [-0.25, -0.2) is 19.9 Å². The molecule has 0 saturated heterocycles. The summed E-state index contributed by atoms with van der Waals surface area (Å²) in [6, 6.07) is 69.7. The van der Waals surface area contributed by atoms with Crippen molar-refractivity contribution in [1.29, 1.82) is 0 Å². The monoisotopic (exact) mass is 823 g/mol. The van der Waals surface area contributed by atoms with Crippen molar-refractivity contribution in [2.24, 2.45) is 0 Å². The van der Waals surface area contributed by atoms with Crippen LogP contribution in [0.5, 0.6) is 0 Å². The van der Waals surface area contributed by atoms with Gasteiger partial charge in [-0.05, 0) is 94.7 Å². The van der Waals surface area contributed by atoms with Crippen LogP contribution in [-0.2, 0) is 0 Å². The Morgan fingerprint density at radius 1 is 0.397 bits per heavy atom. The summed E-state index contributed by atoms with van der Waals surface area (Å²) in [6.07, 6.45) is 0. The second-order valence-corrected chi connectivity index (χ2v) is 16.9. The van der Waals surface area contributed by atoms with Crippen molar-refractivity contribution in [2.75, 3.05) is 0 Å². The molecule has 13 aromatic rings. The highest BCUT2D eigenvalue weighted by atomic mass is 32.1. The molecule has 0 aliphatic heterocycles. The fraction of sp³-hybridized carbons (Fsp3) is 0. The molecule has 0 radical (unpaired) electrons. The first-order chi connectivity index (χ1) is 31.2. The minimum atomic E-state index is 0.598. The molecule has 0 spiro atoms. The molecule has 0 saturated carbocycles. The molecule has 4 aromatic heterocycles. The molecule has 0 bridgehead atoms. The molecule has 0 amide bonds. The van der Waals surface area contributed by atoms with Gasteiger partial charge in [0.25, 0.3) is 0 Å². The highest BCUT2D eigenvalue weighted by Crippen LogP contribution is 2.44. The molecule has 0 N–H and O–H groups in total. The highest BCUT2D eigenvalue weighted by molar-refractivity contribution is 7.26. The van der Waals surface area contributed by atoms with Crippen molar-refractivity contribution in [3.63, 3.8) is 0 Å². The van der Waals surface area contributed by atoms with Crippen LogP contribution >= 0.6 is 11.3 Å². The van der Waals surface area contributed by atoms with Crippen LogP contribution in [0.3, 0.4) is 0 Å². The van der Waals surface area contributed by atoms with Gasteiger partial charge in [-0.3, -0.25) is 0 Å². The fourth-order valence-corrected chi connectivity index (χ4v) is 10.3. The lowest BCUT2D eigenvalue weighted by atomic mass is 9.99. The molecule has 0 aliphatic rings. The van der Waals surface area contributed by atoms with Crippen LogP contribution in [0.1, 0.15) is 0 Å². The Kier molecular flexibility index (Phi) is 7.98. The fourth-order valence-electron chi connectivity index (χ4n) is 9.17. The van der Waals surface area contributed by atoms with Gasteiger partial charge in [-0.15, -0.1) is 11.3 Å². The molecular formula is C56H33N5OS. The largest absolute Gasteiger partial charge is 0.436 e. The maximum atomic E-state index is 6.37. The molecule has 7 heteroatoms. The Bertz CT molecular complexity index is 3850. The predicted octanol–water partition coefficient (Wildman–Crippen LogP) is 15.0. The second kappa shape index (κ2) is 14.2. The number of oxazole rings is 1. The highest BCUT2D eigenvalue weighted by Gasteiger charge is 2.20. The molecule has 294 valence electrons. The Morgan fingerprint density at radius 3 is 1.71 bits per heavy atom. The lowest BCUT2D eigenvalue weighted by Crippen LogP contribution is -2.01. The van der Waals surface area contributed by atoms with E-state index in [0.29, 0.717) is 23.4 Å². The summed E-state index contributed by atoms with van der Waals surface area (Å²) < 4.78 is 11.0. The summed E-state index contributed by atoms with van der Waals surface area (Å²) in [5.74, 6) is 2.42. The Balaban J connectivity index is 1.00. The van der Waals surface area contributed by atoms with Crippen LogP contribution in [-0.4, -0.2) is 24.5 Å². The number of hydrogen-bond acceptors (Lipinski definition) is 6. The number of para-hydroxylation sites is 2. The molecule has 4 heterocycles. The summed E-state index contributed by atoms with van der Waals surface area (Å²) in [4.78, 5) is 20.9. The zero-order valence-electron chi connectivity index (χ0n) is 33.6. The Morgan fingerprint density at radius 2 is 0.968 bits per heavy atom. The van der Waals surface area contributed by atoms with Crippen molar-refractivity contribution in [3.8, 4) is 62.4 Å². The van der Waals surface area contributed by atoms with E-state index in [2.05, 4.69) is 156 Å². The quantitative estimate of drug-likeness (QED) is 0.167. The summed E-state index contributed by atoms with van der Waals surface area (Å²) in [5, 5.41) is 6.94. The smallest absolute Gasteiger partial charge is 0.227 e. The van der Waals surface area contributed by atoms with Gasteiger partial charge in [0.05, 0.1) is 11.0 Å². The topological polar surface area (TPSA) is 69.6 Å². The van der Waals surface area contributed by atoms with Gasteiger partial charge < -0.3 is 8.98 Å². The summed E-state index contributed by atoms with van der Waals surface area (Å²) in [5.41, 5.74) is 10.9. The van der Waals surface area contributed by atoms with Crippen molar-refractivity contribution in [1.82, 2.24) is 24.5 Å². The first kappa shape index (κ1) is 35.5. The summed E-state index contributed by atoms with van der Waals surface area (Å²) in [6.45, 7) is 0. The number of hydrogen-bond donors (Lipinski definition) is 0. The van der Waals surface area contributed by atoms with Crippen LogP contribution in [0.4, 0.5) is 0 Å². The van der Waals surface area contributed by atoms with Crippen LogP contribution in [0.2, 0.25) is 0 Å². The van der Waals surface area contributed by atoms with Gasteiger partial charge in [-0.1, -0.05) is 127 Å². The van der Waals surface area contributed by atoms with E-state index in [0.717, 1.165) is 76.4 Å². The normalized spacial score (nSPS) is 11.8. The number of aromatic nitrogens is 5. The zero-order chi connectivity index (χ0) is 41.4. The molecule has 0 fully saturated rings. The number of fused-ring (bicyclic) bond motifs is 10. The van der Waals surface area contributed by atoms with E-state index in [1.807, 2.05) is 48.5 Å². The lowest BCUT2D eigenvalue weighted by Gasteiger charge is -2.13. The van der Waals surface area contributed by atoms with E-state index in [4.69, 9.17) is 24.4 Å². The molecule has 0 atom stereocenters. The van der Waals surface area contributed by atoms with E-state index in [1.165, 1.54) is 26.5 Å². The maximum absolute atomic E-state index is 6.37. The van der Waals surface area contributed by atoms with Gasteiger partial charge in [0.2, 0.25) is 5.89 Å². The van der Waals surface area contributed by atoms with Crippen LogP contribution < -0.4 is 0 Å². The van der Waals surface area contributed by atoms with Crippen molar-refractivity contribution in [2.45, 2.75) is 0 Å². The number of benzene rings is 9. The van der Waals surface area contributed by atoms with Crippen LogP contribution in [0.25, 0.3) is 126 Å². The third-order valence-electron chi connectivity index (χ3n) is 12.1. The molecule has 0 unspecified atom stereocenters. The maximum Gasteiger partial charge on any atom is 0.227 e. The van der Waals surface area contributed by atoms with E-state index in [1.54, 1.807) is 11.3 Å². The van der Waals surface area contributed by atoms with E-state index in [-0.39, 0.29) is 0 Å². The van der Waals surface area contributed by atoms with E-state index >= 15 is 0 Å². The first-order valence-electron chi connectivity index (χ1n) is 21.0. The first-order valence-corrected chi connectivity index (χ1v) is 21.8. The standard InChI is InChI=1S/C56H33N5OS/c1-3-13-34(14-4-1)40-17-7-8-20-43(40)55-59-53(36-25-28-39(29-26-36)61-45-21-11-9-18-41(45)42-19-10-12-22-46(42)61)58-54(60-55)38-24-23-35-27-31-48-50(44(35)33-38)51-49(63-48)32-30-47-52(51)57-56(62-47)37-15-5-2-6-16-37/h1-33H. The minimum absolute atomic E-state index is 0.598. The van der Waals surface area contributed by atoms with Gasteiger partial charge in [0, 0.05) is 58.9 Å². The third kappa shape index (κ3) is 5.78. The summed E-state index contributed by atoms with van der Waals surface area (Å²) >= 11 is 1.77. The Hall–Kier alpha value is -8.26. The molecule has 63 heavy (non-hydrogen) atoms. The Labute approximate surface area is 365 Å². The minimum Gasteiger partial charge on any atom is -0.436 e. The SMILES string of the molecule is c1ccc(-c2nc3c(ccc4sc5ccc6ccc(-c7nc(-c8ccc(-n9c%10ccccc%10c%10ccccc%109)cc8)nc(-c8ccccc8-c8ccccc8)n7)cc6c5c43)o2)cc1. The second-order valence-electron chi connectivity index (χ2n) is 15.8. The van der Waals surface area contributed by atoms with Crippen molar-refractivity contribution < 1.29 is 4.42 Å². The lowest BCUT2D eigenvalue weighted by molar-refractivity contribution is 0.620. The van der Waals surface area contributed by atoms with Crippen LogP contribution in [0, 0.1) is 0 Å². The number of nitrogens with zero attached hydrogens (tertiary/aromatic N) is 5. The molecule has 0 aliphatic carbocycles. The molecule has 9 aromatic carbocycles. The van der Waals surface area contributed by atoms with Crippen molar-refractivity contribution >= 4 is 75.2 Å². The summed E-state index contributed by atoms with van der Waals surface area (Å²) in [7, 11) is 0. The molecular weight excluding hydrogens is 791 g/mol. The van der Waals surface area contributed by atoms with E-state index in [9.17, 15) is 0 Å². The molecule has 13 rings (SSSR count). The van der Waals surface area contributed by atoms with Gasteiger partial charge in [-0.2, -0.15) is 0 Å². The average Bonchev–Trinajstić information content (AvgIpc) is 4.07. The number of thiophene rings is 1. The predicted molar refractivity (Wildman–Crippen MR) is 259 cm³/mol. The third-order valence-corrected chi connectivity index (χ3v) is 13.2. The average molecular weight is 824 g/mol. The van der Waals surface area contributed by atoms with Gasteiger partial charge >= 0.3 is 0 Å². The van der Waals surface area contributed by atoms with E-state index < -0.39 is 0 Å². The van der Waals surface area contributed by atoms with Gasteiger partial charge in [0.1, 0.15) is 5.52 Å². The molecule has 6 nitrogen and oxygen atoms in total. The van der Waals surface area contributed by atoms with Crippen molar-refractivity contribution in [3.05, 3.63) is 200 Å².